The molecule has 0 atom stereocenters. The van der Waals surface area contributed by atoms with Crippen LogP contribution in [0.2, 0.25) is 0 Å². The maximum atomic E-state index is 12.6. The summed E-state index contributed by atoms with van der Waals surface area (Å²) in [5, 5.41) is 9.44. The van der Waals surface area contributed by atoms with Gasteiger partial charge in [-0.25, -0.2) is 4.79 Å². The average molecular weight is 394 g/mol. The zero-order chi connectivity index (χ0) is 20.5. The van der Waals surface area contributed by atoms with E-state index in [0.29, 0.717) is 28.9 Å². The highest BCUT2D eigenvalue weighted by molar-refractivity contribution is 6.09. The Morgan fingerprint density at radius 2 is 1.62 bits per heavy atom. The number of hydrogen-bond donors (Lipinski definition) is 1. The molecule has 0 saturated carbocycles. The summed E-state index contributed by atoms with van der Waals surface area (Å²) in [5.41, 5.74) is 0.238. The lowest BCUT2D eigenvalue weighted by atomic mass is 10.0. The zero-order valence-corrected chi connectivity index (χ0v) is 16.4. The Labute approximate surface area is 169 Å². The van der Waals surface area contributed by atoms with Gasteiger partial charge in [-0.15, -0.1) is 0 Å². The van der Waals surface area contributed by atoms with E-state index < -0.39 is 5.63 Å². The van der Waals surface area contributed by atoms with E-state index in [9.17, 15) is 9.59 Å². The fourth-order valence-corrected chi connectivity index (χ4v) is 3.20. The molecule has 0 aliphatic rings. The van der Waals surface area contributed by atoms with Crippen molar-refractivity contribution in [2.75, 3.05) is 13.2 Å². The SMILES string of the molecule is O=C(c1ccccc1)c1cc2ccc(OCCCCCCCCO)cc2oc1=O. The van der Waals surface area contributed by atoms with Crippen LogP contribution in [0.3, 0.4) is 0 Å². The zero-order valence-electron chi connectivity index (χ0n) is 16.4. The van der Waals surface area contributed by atoms with Crippen molar-refractivity contribution >= 4 is 16.8 Å². The highest BCUT2D eigenvalue weighted by atomic mass is 16.5. The summed E-state index contributed by atoms with van der Waals surface area (Å²) < 4.78 is 11.1. The molecule has 2 aromatic carbocycles. The summed E-state index contributed by atoms with van der Waals surface area (Å²) in [6.45, 7) is 0.865. The van der Waals surface area contributed by atoms with Gasteiger partial charge in [0.15, 0.2) is 5.78 Å². The number of hydrogen-bond acceptors (Lipinski definition) is 5. The topological polar surface area (TPSA) is 76.7 Å². The van der Waals surface area contributed by atoms with E-state index in [4.69, 9.17) is 14.3 Å². The molecule has 0 aliphatic heterocycles. The molecule has 152 valence electrons. The number of benzene rings is 2. The lowest BCUT2D eigenvalue weighted by molar-refractivity contribution is 0.103. The van der Waals surface area contributed by atoms with Gasteiger partial charge in [-0.05, 0) is 31.0 Å². The van der Waals surface area contributed by atoms with Crippen LogP contribution in [-0.2, 0) is 0 Å². The molecule has 0 fully saturated rings. The van der Waals surface area contributed by atoms with E-state index in [-0.39, 0.29) is 18.0 Å². The summed E-state index contributed by atoms with van der Waals surface area (Å²) >= 11 is 0. The van der Waals surface area contributed by atoms with Gasteiger partial charge < -0.3 is 14.3 Å². The summed E-state index contributed by atoms with van der Waals surface area (Å²) in [5.74, 6) is 0.295. The number of carbonyl (C=O) groups excluding carboxylic acids is 1. The number of aliphatic hydroxyl groups excluding tert-OH is 1. The maximum Gasteiger partial charge on any atom is 0.347 e. The van der Waals surface area contributed by atoms with Gasteiger partial charge in [0.05, 0.1) is 6.61 Å². The van der Waals surface area contributed by atoms with Crippen LogP contribution in [-0.4, -0.2) is 24.1 Å². The molecule has 3 aromatic rings. The Balaban J connectivity index is 1.61. The fraction of sp³-hybridized carbons (Fsp3) is 0.333. The normalized spacial score (nSPS) is 10.9. The number of fused-ring (bicyclic) bond motifs is 1. The largest absolute Gasteiger partial charge is 0.493 e. The van der Waals surface area contributed by atoms with Crippen LogP contribution in [0.15, 0.2) is 63.8 Å². The van der Waals surface area contributed by atoms with Crippen molar-refractivity contribution in [3.63, 3.8) is 0 Å². The molecule has 0 bridgehead atoms. The molecule has 0 spiro atoms. The third kappa shape index (κ3) is 5.78. The molecule has 0 aliphatic carbocycles. The Morgan fingerprint density at radius 1 is 0.897 bits per heavy atom. The molecule has 0 unspecified atom stereocenters. The van der Waals surface area contributed by atoms with Gasteiger partial charge in [0, 0.05) is 23.6 Å². The van der Waals surface area contributed by atoms with Crippen LogP contribution in [0, 0.1) is 0 Å². The first kappa shape index (κ1) is 20.8. The Kier molecular flexibility index (Phi) is 7.59. The van der Waals surface area contributed by atoms with Crippen molar-refractivity contribution < 1.29 is 19.1 Å². The number of ether oxygens (including phenoxy) is 1. The molecular weight excluding hydrogens is 368 g/mol. The molecular formula is C24H26O5. The fourth-order valence-electron chi connectivity index (χ4n) is 3.20. The lowest BCUT2D eigenvalue weighted by Crippen LogP contribution is -2.14. The number of rotatable bonds is 11. The van der Waals surface area contributed by atoms with E-state index in [1.54, 1.807) is 42.5 Å². The van der Waals surface area contributed by atoms with E-state index in [0.717, 1.165) is 38.5 Å². The highest BCUT2D eigenvalue weighted by Gasteiger charge is 2.15. The van der Waals surface area contributed by atoms with Gasteiger partial charge in [-0.1, -0.05) is 56.0 Å². The Bertz CT molecular complexity index is 991. The maximum absolute atomic E-state index is 12.6. The van der Waals surface area contributed by atoms with Gasteiger partial charge >= 0.3 is 5.63 Å². The average Bonchev–Trinajstić information content (AvgIpc) is 2.75. The van der Waals surface area contributed by atoms with Crippen LogP contribution in [0.1, 0.15) is 54.4 Å². The van der Waals surface area contributed by atoms with Gasteiger partial charge in [0.1, 0.15) is 16.9 Å². The third-order valence-electron chi connectivity index (χ3n) is 4.81. The molecule has 1 aromatic heterocycles. The van der Waals surface area contributed by atoms with Crippen LogP contribution in [0.4, 0.5) is 0 Å². The molecule has 1 heterocycles. The van der Waals surface area contributed by atoms with Crippen molar-refractivity contribution in [3.05, 3.63) is 76.1 Å². The predicted octanol–water partition coefficient (Wildman–Crippen LogP) is 4.74. The minimum Gasteiger partial charge on any atom is -0.493 e. The van der Waals surface area contributed by atoms with E-state index >= 15 is 0 Å². The van der Waals surface area contributed by atoms with Crippen molar-refractivity contribution in [2.45, 2.75) is 38.5 Å². The lowest BCUT2D eigenvalue weighted by Gasteiger charge is -2.07. The van der Waals surface area contributed by atoms with E-state index in [1.807, 2.05) is 12.1 Å². The second-order valence-corrected chi connectivity index (χ2v) is 7.04. The second kappa shape index (κ2) is 10.6. The first-order valence-electron chi connectivity index (χ1n) is 10.1. The molecule has 3 rings (SSSR count). The summed E-state index contributed by atoms with van der Waals surface area (Å²) in [6, 6.07) is 15.6. The van der Waals surface area contributed by atoms with E-state index in [2.05, 4.69) is 0 Å². The predicted molar refractivity (Wildman–Crippen MR) is 113 cm³/mol. The van der Waals surface area contributed by atoms with Crippen molar-refractivity contribution in [1.29, 1.82) is 0 Å². The molecule has 0 radical (unpaired) electrons. The molecule has 5 nitrogen and oxygen atoms in total. The smallest absolute Gasteiger partial charge is 0.347 e. The van der Waals surface area contributed by atoms with Crippen molar-refractivity contribution in [3.8, 4) is 5.75 Å². The van der Waals surface area contributed by atoms with Crippen molar-refractivity contribution in [2.24, 2.45) is 0 Å². The molecule has 1 N–H and O–H groups in total. The first-order valence-corrected chi connectivity index (χ1v) is 10.1. The Hall–Kier alpha value is -2.92. The molecule has 5 heteroatoms. The number of aliphatic hydroxyl groups is 1. The van der Waals surface area contributed by atoms with Gasteiger partial charge in [0.2, 0.25) is 0 Å². The second-order valence-electron chi connectivity index (χ2n) is 7.04. The first-order chi connectivity index (χ1) is 14.2. The Morgan fingerprint density at radius 3 is 2.38 bits per heavy atom. The number of carbonyl (C=O) groups is 1. The minimum absolute atomic E-state index is 0.0265. The summed E-state index contributed by atoms with van der Waals surface area (Å²) in [4.78, 5) is 24.9. The quantitative estimate of drug-likeness (QED) is 0.289. The summed E-state index contributed by atoms with van der Waals surface area (Å²) in [6.07, 6.45) is 6.23. The van der Waals surface area contributed by atoms with Crippen LogP contribution in [0.25, 0.3) is 11.0 Å². The van der Waals surface area contributed by atoms with Gasteiger partial charge in [0.25, 0.3) is 0 Å². The van der Waals surface area contributed by atoms with E-state index in [1.165, 1.54) is 0 Å². The summed E-state index contributed by atoms with van der Waals surface area (Å²) in [7, 11) is 0. The highest BCUT2D eigenvalue weighted by Crippen LogP contribution is 2.22. The molecule has 0 amide bonds. The standard InChI is InChI=1S/C24H26O5/c25-14-8-3-1-2-4-9-15-28-20-13-12-19-16-21(24(27)29-22(19)17-20)23(26)18-10-6-5-7-11-18/h5-7,10-13,16-17,25H,1-4,8-9,14-15H2. The monoisotopic (exact) mass is 394 g/mol. The third-order valence-corrected chi connectivity index (χ3v) is 4.81. The molecule has 0 saturated heterocycles. The molecule has 29 heavy (non-hydrogen) atoms. The minimum atomic E-state index is -0.647. The van der Waals surface area contributed by atoms with Gasteiger partial charge in [-0.2, -0.15) is 0 Å². The number of ketones is 1. The van der Waals surface area contributed by atoms with Crippen LogP contribution in [0.5, 0.6) is 5.75 Å². The number of unbranched alkanes of at least 4 members (excludes halogenated alkanes) is 5. The van der Waals surface area contributed by atoms with Crippen LogP contribution >= 0.6 is 0 Å². The van der Waals surface area contributed by atoms with Gasteiger partial charge in [-0.3, -0.25) is 4.79 Å². The van der Waals surface area contributed by atoms with Crippen LogP contribution < -0.4 is 10.4 Å². The van der Waals surface area contributed by atoms with Crippen molar-refractivity contribution in [1.82, 2.24) is 0 Å².